The number of nitrogens with zero attached hydrogens (tertiary/aromatic N) is 3. The number of aryl methyl sites for hydroxylation is 1. The van der Waals surface area contributed by atoms with Crippen LogP contribution in [0.1, 0.15) is 13.3 Å². The standard InChI is InChI=1S/C10H17N5O3/c1-8(13-10(17)18-2)9(16)11-4-3-6-15-7-5-12-14-15/h5,7-8H,3-4,6H2,1-2H3,(H,11,16)(H,13,17)/t8-/m0/s1. The van der Waals surface area contributed by atoms with E-state index in [9.17, 15) is 9.59 Å². The van der Waals surface area contributed by atoms with Crippen molar-refractivity contribution in [2.75, 3.05) is 13.7 Å². The highest BCUT2D eigenvalue weighted by molar-refractivity contribution is 5.85. The molecule has 0 aliphatic carbocycles. The van der Waals surface area contributed by atoms with Crippen molar-refractivity contribution < 1.29 is 14.3 Å². The maximum absolute atomic E-state index is 11.5. The monoisotopic (exact) mass is 255 g/mol. The largest absolute Gasteiger partial charge is 0.453 e. The van der Waals surface area contributed by atoms with Crippen LogP contribution in [0.3, 0.4) is 0 Å². The Morgan fingerprint density at radius 3 is 2.89 bits per heavy atom. The first-order chi connectivity index (χ1) is 8.63. The summed E-state index contributed by atoms with van der Waals surface area (Å²) < 4.78 is 6.08. The minimum atomic E-state index is -0.625. The van der Waals surface area contributed by atoms with Gasteiger partial charge in [0.2, 0.25) is 5.91 Å². The van der Waals surface area contributed by atoms with E-state index < -0.39 is 12.1 Å². The summed E-state index contributed by atoms with van der Waals surface area (Å²) in [5.41, 5.74) is 0. The molecule has 1 aromatic heterocycles. The highest BCUT2D eigenvalue weighted by Crippen LogP contribution is 1.88. The number of rotatable bonds is 6. The van der Waals surface area contributed by atoms with Crippen molar-refractivity contribution in [1.82, 2.24) is 25.6 Å². The Morgan fingerprint density at radius 2 is 2.28 bits per heavy atom. The van der Waals surface area contributed by atoms with E-state index >= 15 is 0 Å². The number of nitrogens with one attached hydrogen (secondary N) is 2. The molecule has 0 bridgehead atoms. The van der Waals surface area contributed by atoms with E-state index in [1.54, 1.807) is 24.0 Å². The lowest BCUT2D eigenvalue weighted by molar-refractivity contribution is -0.122. The van der Waals surface area contributed by atoms with E-state index in [1.807, 2.05) is 0 Å². The van der Waals surface area contributed by atoms with Crippen molar-refractivity contribution in [2.45, 2.75) is 25.9 Å². The summed E-state index contributed by atoms with van der Waals surface area (Å²) in [4.78, 5) is 22.4. The van der Waals surface area contributed by atoms with Gasteiger partial charge in [0.25, 0.3) is 0 Å². The molecule has 0 saturated carbocycles. The van der Waals surface area contributed by atoms with Crippen LogP contribution in [0.2, 0.25) is 0 Å². The summed E-state index contributed by atoms with van der Waals surface area (Å²) in [6.07, 6.45) is 3.46. The third kappa shape index (κ3) is 4.81. The summed E-state index contributed by atoms with van der Waals surface area (Å²) in [6, 6.07) is -0.621. The molecule has 0 saturated heterocycles. The molecule has 2 N–H and O–H groups in total. The molecular formula is C10H17N5O3. The van der Waals surface area contributed by atoms with Gasteiger partial charge in [-0.25, -0.2) is 4.79 Å². The number of carbonyl (C=O) groups excluding carboxylic acids is 2. The molecule has 0 aliphatic rings. The third-order valence-corrected chi connectivity index (χ3v) is 2.25. The second-order valence-corrected chi connectivity index (χ2v) is 3.67. The number of carbonyl (C=O) groups is 2. The van der Waals surface area contributed by atoms with Crippen LogP contribution < -0.4 is 10.6 Å². The molecule has 8 nitrogen and oxygen atoms in total. The smallest absolute Gasteiger partial charge is 0.407 e. The average molecular weight is 255 g/mol. The summed E-state index contributed by atoms with van der Waals surface area (Å²) >= 11 is 0. The van der Waals surface area contributed by atoms with Gasteiger partial charge in [-0.3, -0.25) is 9.48 Å². The predicted molar refractivity (Wildman–Crippen MR) is 62.7 cm³/mol. The van der Waals surface area contributed by atoms with Crippen LogP contribution in [0, 0.1) is 0 Å². The normalized spacial score (nSPS) is 11.7. The van der Waals surface area contributed by atoms with E-state index in [1.165, 1.54) is 7.11 Å². The molecule has 0 aromatic carbocycles. The lowest BCUT2D eigenvalue weighted by Crippen LogP contribution is -2.45. The van der Waals surface area contributed by atoms with Gasteiger partial charge in [0.15, 0.2) is 0 Å². The van der Waals surface area contributed by atoms with Crippen LogP contribution in [-0.2, 0) is 16.1 Å². The highest BCUT2D eigenvalue weighted by Gasteiger charge is 2.14. The zero-order valence-corrected chi connectivity index (χ0v) is 10.4. The number of alkyl carbamates (subject to hydrolysis) is 1. The molecule has 0 fully saturated rings. The maximum Gasteiger partial charge on any atom is 0.407 e. The van der Waals surface area contributed by atoms with Gasteiger partial charge in [-0.15, -0.1) is 5.10 Å². The van der Waals surface area contributed by atoms with Gasteiger partial charge in [0, 0.05) is 19.3 Å². The molecule has 1 heterocycles. The fourth-order valence-corrected chi connectivity index (χ4v) is 1.26. The third-order valence-electron chi connectivity index (χ3n) is 2.25. The van der Waals surface area contributed by atoms with Crippen molar-refractivity contribution in [3.8, 4) is 0 Å². The lowest BCUT2D eigenvalue weighted by Gasteiger charge is -2.12. The first-order valence-electron chi connectivity index (χ1n) is 5.59. The number of methoxy groups -OCH3 is 1. The van der Waals surface area contributed by atoms with Gasteiger partial charge in [0.05, 0.1) is 13.3 Å². The molecule has 0 radical (unpaired) electrons. The highest BCUT2D eigenvalue weighted by atomic mass is 16.5. The summed E-state index contributed by atoms with van der Waals surface area (Å²) in [5, 5.41) is 12.6. The molecule has 0 aliphatic heterocycles. The zero-order valence-electron chi connectivity index (χ0n) is 10.4. The van der Waals surface area contributed by atoms with Crippen LogP contribution in [0.5, 0.6) is 0 Å². The second kappa shape index (κ2) is 7.25. The van der Waals surface area contributed by atoms with E-state index in [0.29, 0.717) is 13.1 Å². The molecule has 0 spiro atoms. The molecule has 100 valence electrons. The zero-order chi connectivity index (χ0) is 13.4. The Hall–Kier alpha value is -2.12. The van der Waals surface area contributed by atoms with E-state index in [4.69, 9.17) is 0 Å². The van der Waals surface area contributed by atoms with Crippen molar-refractivity contribution in [2.24, 2.45) is 0 Å². The molecule has 1 aromatic rings. The Labute approximate surface area is 105 Å². The average Bonchev–Trinajstić information content (AvgIpc) is 2.87. The fourth-order valence-electron chi connectivity index (χ4n) is 1.26. The molecule has 1 rings (SSSR count). The number of hydrogen-bond acceptors (Lipinski definition) is 5. The predicted octanol–water partition coefficient (Wildman–Crippen LogP) is -0.471. The summed E-state index contributed by atoms with van der Waals surface area (Å²) in [7, 11) is 1.25. The van der Waals surface area contributed by atoms with Gasteiger partial charge in [-0.2, -0.15) is 0 Å². The Bertz CT molecular complexity index is 379. The number of hydrogen-bond donors (Lipinski definition) is 2. The second-order valence-electron chi connectivity index (χ2n) is 3.67. The fraction of sp³-hybridized carbons (Fsp3) is 0.600. The minimum Gasteiger partial charge on any atom is -0.453 e. The number of amides is 2. The van der Waals surface area contributed by atoms with Gasteiger partial charge in [0.1, 0.15) is 6.04 Å². The molecular weight excluding hydrogens is 238 g/mol. The Morgan fingerprint density at radius 1 is 1.50 bits per heavy atom. The van der Waals surface area contributed by atoms with Crippen molar-refractivity contribution >= 4 is 12.0 Å². The Balaban J connectivity index is 2.14. The number of aromatic nitrogens is 3. The van der Waals surface area contributed by atoms with Crippen LogP contribution >= 0.6 is 0 Å². The topological polar surface area (TPSA) is 98.1 Å². The van der Waals surface area contributed by atoms with Crippen LogP contribution in [0.4, 0.5) is 4.79 Å². The van der Waals surface area contributed by atoms with Crippen LogP contribution in [0.15, 0.2) is 12.4 Å². The van der Waals surface area contributed by atoms with Crippen LogP contribution in [-0.4, -0.2) is 46.7 Å². The number of ether oxygens (including phenoxy) is 1. The van der Waals surface area contributed by atoms with Gasteiger partial charge in [-0.05, 0) is 13.3 Å². The first kappa shape index (κ1) is 13.9. The van der Waals surface area contributed by atoms with Crippen LogP contribution in [0.25, 0.3) is 0 Å². The van der Waals surface area contributed by atoms with Gasteiger partial charge < -0.3 is 15.4 Å². The van der Waals surface area contributed by atoms with Gasteiger partial charge >= 0.3 is 6.09 Å². The van der Waals surface area contributed by atoms with Crippen molar-refractivity contribution in [3.63, 3.8) is 0 Å². The van der Waals surface area contributed by atoms with Crippen molar-refractivity contribution in [3.05, 3.63) is 12.4 Å². The molecule has 1 atom stereocenters. The van der Waals surface area contributed by atoms with Gasteiger partial charge in [-0.1, -0.05) is 5.21 Å². The summed E-state index contributed by atoms with van der Waals surface area (Å²) in [6.45, 7) is 2.77. The van der Waals surface area contributed by atoms with Crippen molar-refractivity contribution in [1.29, 1.82) is 0 Å². The molecule has 2 amide bonds. The molecule has 18 heavy (non-hydrogen) atoms. The molecule has 8 heteroatoms. The Kier molecular flexibility index (Phi) is 5.62. The quantitative estimate of drug-likeness (QED) is 0.669. The molecule has 0 unspecified atom stereocenters. The van der Waals surface area contributed by atoms with E-state index in [0.717, 1.165) is 6.42 Å². The maximum atomic E-state index is 11.5. The minimum absolute atomic E-state index is 0.251. The summed E-state index contributed by atoms with van der Waals surface area (Å²) in [5.74, 6) is -0.251. The first-order valence-corrected chi connectivity index (χ1v) is 5.59. The lowest BCUT2D eigenvalue weighted by atomic mass is 10.3. The van der Waals surface area contributed by atoms with E-state index in [2.05, 4.69) is 25.7 Å². The van der Waals surface area contributed by atoms with E-state index in [-0.39, 0.29) is 5.91 Å². The SMILES string of the molecule is COC(=O)N[C@@H](C)C(=O)NCCCn1ccnn1.